The van der Waals surface area contributed by atoms with Gasteiger partial charge in [-0.2, -0.15) is 0 Å². The maximum Gasteiger partial charge on any atom is 0.222 e. The average Bonchev–Trinajstić information content (AvgIpc) is 2.45. The molecule has 0 aromatic heterocycles. The fourth-order valence-corrected chi connectivity index (χ4v) is 3.15. The standard InChI is InChI=1S/C18H28N2O/c1-18(2)12-10-15(11-13-18)20(3)17(21)9-8-14-6-4-5-7-16(14)19/h4-7,15H,8-13,19H2,1-3H3. The van der Waals surface area contributed by atoms with Crippen molar-refractivity contribution in [2.75, 3.05) is 12.8 Å². The molecule has 1 aromatic carbocycles. The number of amides is 1. The van der Waals surface area contributed by atoms with Crippen molar-refractivity contribution in [2.45, 2.75) is 58.4 Å². The summed E-state index contributed by atoms with van der Waals surface area (Å²) in [5.41, 5.74) is 8.23. The summed E-state index contributed by atoms with van der Waals surface area (Å²) < 4.78 is 0. The molecule has 1 fully saturated rings. The first-order chi connectivity index (χ1) is 9.89. The predicted molar refractivity (Wildman–Crippen MR) is 88.0 cm³/mol. The molecule has 0 bridgehead atoms. The second-order valence-corrected chi connectivity index (χ2v) is 7.10. The molecule has 1 saturated carbocycles. The van der Waals surface area contributed by atoms with E-state index in [1.807, 2.05) is 36.2 Å². The second-order valence-electron chi connectivity index (χ2n) is 7.10. The molecule has 1 aliphatic rings. The molecule has 0 unspecified atom stereocenters. The Balaban J connectivity index is 1.85. The van der Waals surface area contributed by atoms with Crippen LogP contribution in [0.15, 0.2) is 24.3 Å². The van der Waals surface area contributed by atoms with E-state index >= 15 is 0 Å². The SMILES string of the molecule is CN(C(=O)CCc1ccccc1N)C1CCC(C)(C)CC1. The van der Waals surface area contributed by atoms with Gasteiger partial charge >= 0.3 is 0 Å². The summed E-state index contributed by atoms with van der Waals surface area (Å²) in [6.45, 7) is 4.65. The van der Waals surface area contributed by atoms with Gasteiger partial charge in [-0.05, 0) is 49.1 Å². The Kier molecular flexibility index (Phi) is 4.92. The molecule has 0 saturated heterocycles. The van der Waals surface area contributed by atoms with Gasteiger partial charge in [0.05, 0.1) is 0 Å². The number of benzene rings is 1. The number of rotatable bonds is 4. The van der Waals surface area contributed by atoms with E-state index in [0.29, 0.717) is 17.9 Å². The summed E-state index contributed by atoms with van der Waals surface area (Å²) in [6, 6.07) is 8.22. The largest absolute Gasteiger partial charge is 0.399 e. The van der Waals surface area contributed by atoms with Gasteiger partial charge in [-0.25, -0.2) is 0 Å². The first kappa shape index (κ1) is 15.9. The van der Waals surface area contributed by atoms with Gasteiger partial charge in [0.2, 0.25) is 5.91 Å². The molecule has 0 spiro atoms. The van der Waals surface area contributed by atoms with Gasteiger partial charge in [0.15, 0.2) is 0 Å². The van der Waals surface area contributed by atoms with Crippen molar-refractivity contribution in [2.24, 2.45) is 5.41 Å². The molecule has 3 heteroatoms. The highest BCUT2D eigenvalue weighted by molar-refractivity contribution is 5.76. The zero-order valence-electron chi connectivity index (χ0n) is 13.6. The highest BCUT2D eigenvalue weighted by atomic mass is 16.2. The highest BCUT2D eigenvalue weighted by Gasteiger charge is 2.30. The summed E-state index contributed by atoms with van der Waals surface area (Å²) in [5, 5.41) is 0. The van der Waals surface area contributed by atoms with E-state index in [4.69, 9.17) is 5.73 Å². The minimum atomic E-state index is 0.239. The molecule has 2 rings (SSSR count). The number of carbonyl (C=O) groups excluding carboxylic acids is 1. The van der Waals surface area contributed by atoms with Crippen molar-refractivity contribution >= 4 is 11.6 Å². The Hall–Kier alpha value is -1.51. The zero-order chi connectivity index (χ0) is 15.5. The van der Waals surface area contributed by atoms with Crippen molar-refractivity contribution in [3.8, 4) is 0 Å². The Morgan fingerprint density at radius 2 is 1.90 bits per heavy atom. The molecular weight excluding hydrogens is 260 g/mol. The van der Waals surface area contributed by atoms with E-state index in [1.165, 1.54) is 12.8 Å². The van der Waals surface area contributed by atoms with Crippen LogP contribution in [0.3, 0.4) is 0 Å². The minimum absolute atomic E-state index is 0.239. The Morgan fingerprint density at radius 1 is 1.29 bits per heavy atom. The van der Waals surface area contributed by atoms with Gasteiger partial charge in [-0.1, -0.05) is 32.0 Å². The lowest BCUT2D eigenvalue weighted by molar-refractivity contribution is -0.132. The summed E-state index contributed by atoms with van der Waals surface area (Å²) in [6.07, 6.45) is 5.95. The molecular formula is C18H28N2O. The third kappa shape index (κ3) is 4.23. The summed E-state index contributed by atoms with van der Waals surface area (Å²) >= 11 is 0. The van der Waals surface area contributed by atoms with Gasteiger partial charge in [-0.3, -0.25) is 4.79 Å². The molecule has 0 heterocycles. The zero-order valence-corrected chi connectivity index (χ0v) is 13.6. The highest BCUT2D eigenvalue weighted by Crippen LogP contribution is 2.36. The molecule has 116 valence electrons. The number of nitrogens with zero attached hydrogens (tertiary/aromatic N) is 1. The number of hydrogen-bond acceptors (Lipinski definition) is 2. The van der Waals surface area contributed by atoms with Gasteiger partial charge in [0, 0.05) is 25.2 Å². The van der Waals surface area contributed by atoms with Crippen LogP contribution in [0.5, 0.6) is 0 Å². The lowest BCUT2D eigenvalue weighted by Gasteiger charge is -2.38. The molecule has 1 aromatic rings. The van der Waals surface area contributed by atoms with Gasteiger partial charge in [0.1, 0.15) is 0 Å². The number of aryl methyl sites for hydroxylation is 1. The first-order valence-corrected chi connectivity index (χ1v) is 7.98. The maximum atomic E-state index is 12.4. The molecule has 0 aliphatic heterocycles. The van der Waals surface area contributed by atoms with Gasteiger partial charge in [-0.15, -0.1) is 0 Å². The third-order valence-electron chi connectivity index (χ3n) is 4.91. The fourth-order valence-electron chi connectivity index (χ4n) is 3.15. The van der Waals surface area contributed by atoms with E-state index in [2.05, 4.69) is 13.8 Å². The number of para-hydroxylation sites is 1. The lowest BCUT2D eigenvalue weighted by atomic mass is 9.75. The number of carbonyl (C=O) groups is 1. The van der Waals surface area contributed by atoms with Crippen LogP contribution in [0, 0.1) is 5.41 Å². The lowest BCUT2D eigenvalue weighted by Crippen LogP contribution is -2.40. The van der Waals surface area contributed by atoms with Crippen LogP contribution in [0.25, 0.3) is 0 Å². The smallest absolute Gasteiger partial charge is 0.222 e. The molecule has 1 amide bonds. The van der Waals surface area contributed by atoms with Crippen molar-refractivity contribution in [3.05, 3.63) is 29.8 Å². The third-order valence-corrected chi connectivity index (χ3v) is 4.91. The van der Waals surface area contributed by atoms with Crippen LogP contribution < -0.4 is 5.73 Å². The Labute approximate surface area is 128 Å². The summed E-state index contributed by atoms with van der Waals surface area (Å²) in [5.74, 6) is 0.239. The monoisotopic (exact) mass is 288 g/mol. The fraction of sp³-hybridized carbons (Fsp3) is 0.611. The first-order valence-electron chi connectivity index (χ1n) is 7.98. The topological polar surface area (TPSA) is 46.3 Å². The Bertz CT molecular complexity index is 486. The summed E-state index contributed by atoms with van der Waals surface area (Å²) in [4.78, 5) is 14.3. The van der Waals surface area contributed by atoms with Crippen LogP contribution in [0.2, 0.25) is 0 Å². The average molecular weight is 288 g/mol. The van der Waals surface area contributed by atoms with Gasteiger partial charge < -0.3 is 10.6 Å². The van der Waals surface area contributed by atoms with Gasteiger partial charge in [0.25, 0.3) is 0 Å². The molecule has 2 N–H and O–H groups in total. The van der Waals surface area contributed by atoms with Crippen molar-refractivity contribution in [3.63, 3.8) is 0 Å². The normalized spacial score (nSPS) is 18.4. The van der Waals surface area contributed by atoms with Crippen LogP contribution >= 0.6 is 0 Å². The summed E-state index contributed by atoms with van der Waals surface area (Å²) in [7, 11) is 1.96. The molecule has 0 atom stereocenters. The van der Waals surface area contributed by atoms with Crippen molar-refractivity contribution in [1.82, 2.24) is 4.90 Å². The van der Waals surface area contributed by atoms with Crippen molar-refractivity contribution < 1.29 is 4.79 Å². The second kappa shape index (κ2) is 6.50. The van der Waals surface area contributed by atoms with E-state index in [0.717, 1.165) is 30.5 Å². The van der Waals surface area contributed by atoms with Crippen LogP contribution in [-0.4, -0.2) is 23.9 Å². The minimum Gasteiger partial charge on any atom is -0.399 e. The van der Waals surface area contributed by atoms with Crippen LogP contribution in [-0.2, 0) is 11.2 Å². The molecule has 3 nitrogen and oxygen atoms in total. The number of nitrogen functional groups attached to an aromatic ring is 1. The quantitative estimate of drug-likeness (QED) is 0.860. The van der Waals surface area contributed by atoms with E-state index in [1.54, 1.807) is 0 Å². The van der Waals surface area contributed by atoms with Crippen molar-refractivity contribution in [1.29, 1.82) is 0 Å². The van der Waals surface area contributed by atoms with Crippen LogP contribution in [0.1, 0.15) is 51.5 Å². The van der Waals surface area contributed by atoms with Crippen LogP contribution in [0.4, 0.5) is 5.69 Å². The van der Waals surface area contributed by atoms with E-state index < -0.39 is 0 Å². The molecule has 1 aliphatic carbocycles. The predicted octanol–water partition coefficient (Wildman–Crippen LogP) is 3.63. The number of hydrogen-bond donors (Lipinski definition) is 1. The van der Waals surface area contributed by atoms with E-state index in [-0.39, 0.29) is 5.91 Å². The number of nitrogens with two attached hydrogens (primary N) is 1. The Morgan fingerprint density at radius 3 is 2.52 bits per heavy atom. The van der Waals surface area contributed by atoms with E-state index in [9.17, 15) is 4.79 Å². The maximum absolute atomic E-state index is 12.4. The molecule has 0 radical (unpaired) electrons. The molecule has 21 heavy (non-hydrogen) atoms. The number of anilines is 1.